The lowest BCUT2D eigenvalue weighted by molar-refractivity contribution is -0.113. The molecule has 1 amide bonds. The molecule has 7 heteroatoms. The maximum absolute atomic E-state index is 13.5. The number of anilines is 1. The van der Waals surface area contributed by atoms with Gasteiger partial charge in [0.15, 0.2) is 11.5 Å². The Labute approximate surface area is 195 Å². The van der Waals surface area contributed by atoms with Crippen LogP contribution in [-0.2, 0) is 4.79 Å². The molecule has 3 aromatic rings. The van der Waals surface area contributed by atoms with Crippen molar-refractivity contribution in [2.24, 2.45) is 0 Å². The first-order valence-corrected chi connectivity index (χ1v) is 10.4. The van der Waals surface area contributed by atoms with E-state index in [1.54, 1.807) is 62.8 Å². The van der Waals surface area contributed by atoms with E-state index in [2.05, 4.69) is 0 Å². The van der Waals surface area contributed by atoms with Gasteiger partial charge in [0, 0.05) is 10.6 Å². The maximum atomic E-state index is 13.5. The molecule has 0 bridgehead atoms. The molecule has 166 valence electrons. The number of aromatic carboxylic acids is 1. The Hall–Kier alpha value is -4.03. The molecule has 3 aromatic carbocycles. The van der Waals surface area contributed by atoms with E-state index in [0.29, 0.717) is 33.5 Å². The van der Waals surface area contributed by atoms with Gasteiger partial charge in [-0.15, -0.1) is 0 Å². The fraction of sp³-hybridized carbons (Fsp3) is 0.0769. The molecule has 0 atom stereocenters. The molecule has 4 rings (SSSR count). The summed E-state index contributed by atoms with van der Waals surface area (Å²) in [5.74, 6) is -0.217. The Morgan fingerprint density at radius 2 is 1.70 bits per heavy atom. The number of ether oxygens (including phenoxy) is 2. The Balaban J connectivity index is 1.82. The van der Waals surface area contributed by atoms with Gasteiger partial charge in [0.25, 0.3) is 5.91 Å². The highest BCUT2D eigenvalue weighted by Gasteiger charge is 2.31. The highest BCUT2D eigenvalue weighted by Crippen LogP contribution is 2.37. The second-order valence-corrected chi connectivity index (χ2v) is 7.68. The zero-order valence-corrected chi connectivity index (χ0v) is 18.7. The summed E-state index contributed by atoms with van der Waals surface area (Å²) in [6.07, 6.45) is 3.52. The number of nitrogens with zero attached hydrogens (tertiary/aromatic N) is 1. The van der Waals surface area contributed by atoms with Crippen molar-refractivity contribution >= 4 is 40.9 Å². The molecule has 1 aliphatic heterocycles. The average molecular weight is 462 g/mol. The van der Waals surface area contributed by atoms with Crippen molar-refractivity contribution in [3.8, 4) is 11.5 Å². The largest absolute Gasteiger partial charge is 0.493 e. The van der Waals surface area contributed by atoms with Crippen LogP contribution in [0.15, 0.2) is 78.4 Å². The molecule has 0 saturated carbocycles. The number of carbonyl (C=O) groups is 2. The SMILES string of the molecule is COc1ccc(/C=C2\C=C(c3ccc(Cl)cc3)N(c3cccc(C(=O)O)c3)C2=O)cc1OC. The molecular weight excluding hydrogens is 442 g/mol. The van der Waals surface area contributed by atoms with Crippen molar-refractivity contribution in [1.29, 1.82) is 0 Å². The van der Waals surface area contributed by atoms with Crippen LogP contribution in [0.5, 0.6) is 11.5 Å². The van der Waals surface area contributed by atoms with Crippen molar-refractivity contribution in [2.75, 3.05) is 19.1 Å². The summed E-state index contributed by atoms with van der Waals surface area (Å²) in [4.78, 5) is 26.5. The topological polar surface area (TPSA) is 76.1 Å². The molecule has 1 heterocycles. The average Bonchev–Trinajstić information content (AvgIpc) is 3.15. The Kier molecular flexibility index (Phi) is 6.20. The quantitative estimate of drug-likeness (QED) is 0.489. The van der Waals surface area contributed by atoms with Gasteiger partial charge in [-0.25, -0.2) is 4.79 Å². The number of carboxylic acids is 1. The number of rotatable bonds is 6. The number of methoxy groups -OCH3 is 2. The zero-order chi connectivity index (χ0) is 23.5. The predicted octanol–water partition coefficient (Wildman–Crippen LogP) is 5.53. The van der Waals surface area contributed by atoms with E-state index in [9.17, 15) is 14.7 Å². The first-order valence-electron chi connectivity index (χ1n) is 10.0. The fourth-order valence-corrected chi connectivity index (χ4v) is 3.73. The van der Waals surface area contributed by atoms with Gasteiger partial charge < -0.3 is 14.6 Å². The third-order valence-electron chi connectivity index (χ3n) is 5.20. The van der Waals surface area contributed by atoms with Crippen LogP contribution in [-0.4, -0.2) is 31.2 Å². The number of amides is 1. The van der Waals surface area contributed by atoms with Crippen LogP contribution in [0.25, 0.3) is 11.8 Å². The number of carbonyl (C=O) groups excluding carboxylic acids is 1. The van der Waals surface area contributed by atoms with Crippen LogP contribution in [0.4, 0.5) is 5.69 Å². The van der Waals surface area contributed by atoms with Crippen molar-refractivity contribution in [3.05, 3.63) is 100 Å². The molecule has 33 heavy (non-hydrogen) atoms. The molecule has 0 aromatic heterocycles. The molecule has 0 saturated heterocycles. The molecule has 0 aliphatic carbocycles. The summed E-state index contributed by atoms with van der Waals surface area (Å²) < 4.78 is 10.6. The minimum Gasteiger partial charge on any atom is -0.493 e. The first kappa shape index (κ1) is 22.2. The molecule has 1 aliphatic rings. The van der Waals surface area contributed by atoms with E-state index in [4.69, 9.17) is 21.1 Å². The smallest absolute Gasteiger partial charge is 0.335 e. The van der Waals surface area contributed by atoms with Crippen molar-refractivity contribution in [1.82, 2.24) is 0 Å². The normalized spacial score (nSPS) is 14.4. The summed E-state index contributed by atoms with van der Waals surface area (Å²) in [5.41, 5.74) is 3.12. The Bertz CT molecular complexity index is 1290. The first-order chi connectivity index (χ1) is 15.9. The van der Waals surface area contributed by atoms with Gasteiger partial charge >= 0.3 is 5.97 Å². The summed E-state index contributed by atoms with van der Waals surface area (Å²) in [7, 11) is 3.10. The van der Waals surface area contributed by atoms with E-state index >= 15 is 0 Å². The molecule has 6 nitrogen and oxygen atoms in total. The molecule has 1 N–H and O–H groups in total. The standard InChI is InChI=1S/C26H20ClNO5/c1-32-23-11-6-16(13-24(23)33-2)12-19-15-22(17-7-9-20(27)10-8-17)28(25(19)29)21-5-3-4-18(14-21)26(30)31/h3-15H,1-2H3,(H,30,31)/b19-12+. The number of carboxylic acid groups (broad SMARTS) is 1. The van der Waals surface area contributed by atoms with Crippen molar-refractivity contribution in [2.45, 2.75) is 0 Å². The van der Waals surface area contributed by atoms with Crippen molar-refractivity contribution < 1.29 is 24.2 Å². The van der Waals surface area contributed by atoms with Gasteiger partial charge in [0.1, 0.15) is 0 Å². The third-order valence-corrected chi connectivity index (χ3v) is 5.46. The Morgan fingerprint density at radius 3 is 2.36 bits per heavy atom. The van der Waals surface area contributed by atoms with Gasteiger partial charge in [0.05, 0.1) is 31.2 Å². The van der Waals surface area contributed by atoms with E-state index in [1.165, 1.54) is 17.0 Å². The minimum atomic E-state index is -1.07. The van der Waals surface area contributed by atoms with E-state index in [1.807, 2.05) is 18.2 Å². The zero-order valence-electron chi connectivity index (χ0n) is 17.9. The van der Waals surface area contributed by atoms with Gasteiger partial charge in [0.2, 0.25) is 0 Å². The molecule has 0 unspecified atom stereocenters. The molecule has 0 fully saturated rings. The second kappa shape index (κ2) is 9.22. The third kappa shape index (κ3) is 4.47. The number of hydrogen-bond acceptors (Lipinski definition) is 4. The van der Waals surface area contributed by atoms with Crippen LogP contribution in [0.2, 0.25) is 5.02 Å². The molecular formula is C26H20ClNO5. The molecule has 0 radical (unpaired) electrons. The summed E-state index contributed by atoms with van der Waals surface area (Å²) in [6, 6.07) is 18.8. The van der Waals surface area contributed by atoms with Gasteiger partial charge in [-0.1, -0.05) is 35.9 Å². The Morgan fingerprint density at radius 1 is 0.970 bits per heavy atom. The van der Waals surface area contributed by atoms with Gasteiger partial charge in [-0.05, 0) is 65.7 Å². The maximum Gasteiger partial charge on any atom is 0.335 e. The number of hydrogen-bond donors (Lipinski definition) is 1. The molecule has 0 spiro atoms. The summed E-state index contributed by atoms with van der Waals surface area (Å²) in [5, 5.41) is 9.98. The highest BCUT2D eigenvalue weighted by molar-refractivity contribution is 6.30. The van der Waals surface area contributed by atoms with Crippen LogP contribution in [0.3, 0.4) is 0 Å². The lowest BCUT2D eigenvalue weighted by Crippen LogP contribution is -2.25. The van der Waals surface area contributed by atoms with Crippen LogP contribution in [0.1, 0.15) is 21.5 Å². The van der Waals surface area contributed by atoms with E-state index < -0.39 is 5.97 Å². The van der Waals surface area contributed by atoms with E-state index in [0.717, 1.165) is 11.1 Å². The van der Waals surface area contributed by atoms with Crippen LogP contribution >= 0.6 is 11.6 Å². The van der Waals surface area contributed by atoms with Crippen LogP contribution < -0.4 is 14.4 Å². The summed E-state index contributed by atoms with van der Waals surface area (Å²) >= 11 is 6.05. The van der Waals surface area contributed by atoms with Crippen molar-refractivity contribution in [3.63, 3.8) is 0 Å². The predicted molar refractivity (Wildman–Crippen MR) is 128 cm³/mol. The monoisotopic (exact) mass is 461 g/mol. The van der Waals surface area contributed by atoms with Gasteiger partial charge in [-0.2, -0.15) is 0 Å². The van der Waals surface area contributed by atoms with Gasteiger partial charge in [-0.3, -0.25) is 9.69 Å². The van der Waals surface area contributed by atoms with E-state index in [-0.39, 0.29) is 11.5 Å². The van der Waals surface area contributed by atoms with Crippen LogP contribution in [0, 0.1) is 0 Å². The lowest BCUT2D eigenvalue weighted by atomic mass is 10.1. The highest BCUT2D eigenvalue weighted by atomic mass is 35.5. The lowest BCUT2D eigenvalue weighted by Gasteiger charge is -2.21. The number of benzene rings is 3. The second-order valence-electron chi connectivity index (χ2n) is 7.25. The summed E-state index contributed by atoms with van der Waals surface area (Å²) in [6.45, 7) is 0. The minimum absolute atomic E-state index is 0.0908. The fourth-order valence-electron chi connectivity index (χ4n) is 3.61. The number of halogens is 1.